The van der Waals surface area contributed by atoms with E-state index in [-0.39, 0.29) is 19.1 Å². The molecule has 1 saturated heterocycles. The minimum absolute atomic E-state index is 0.0345. The molecule has 2 N–H and O–H groups in total. The lowest BCUT2D eigenvalue weighted by molar-refractivity contribution is -0.133. The van der Waals surface area contributed by atoms with Crippen LogP contribution >= 0.6 is 0 Å². The van der Waals surface area contributed by atoms with Gasteiger partial charge in [-0.25, -0.2) is 4.79 Å². The number of rotatable bonds is 5. The first-order valence-corrected chi connectivity index (χ1v) is 9.33. The Labute approximate surface area is 154 Å². The molecular weight excluding hydrogens is 332 g/mol. The molecule has 142 valence electrons. The Bertz CT molecular complexity index is 675. The summed E-state index contributed by atoms with van der Waals surface area (Å²) >= 11 is 0. The van der Waals surface area contributed by atoms with Crippen LogP contribution in [0.25, 0.3) is 0 Å². The minimum Gasteiger partial charge on any atom is -0.490 e. The van der Waals surface area contributed by atoms with Gasteiger partial charge in [-0.1, -0.05) is 25.1 Å². The molecule has 2 aliphatic rings. The zero-order valence-corrected chi connectivity index (χ0v) is 15.7. The van der Waals surface area contributed by atoms with Crippen molar-refractivity contribution >= 4 is 11.9 Å². The lowest BCUT2D eigenvalue weighted by Crippen LogP contribution is -2.49. The highest BCUT2D eigenvalue weighted by Crippen LogP contribution is 2.36. The van der Waals surface area contributed by atoms with Gasteiger partial charge in [0, 0.05) is 0 Å². The van der Waals surface area contributed by atoms with Gasteiger partial charge in [0.05, 0.1) is 6.54 Å². The number of hydrogen-bond donors (Lipinski definition) is 2. The molecule has 3 amide bonds. The van der Waals surface area contributed by atoms with Crippen LogP contribution in [-0.2, 0) is 4.79 Å². The van der Waals surface area contributed by atoms with E-state index in [1.165, 1.54) is 0 Å². The van der Waals surface area contributed by atoms with Crippen molar-refractivity contribution in [1.29, 1.82) is 0 Å². The molecule has 6 nitrogen and oxygen atoms in total. The van der Waals surface area contributed by atoms with Crippen molar-refractivity contribution in [3.05, 3.63) is 29.3 Å². The van der Waals surface area contributed by atoms with Crippen molar-refractivity contribution in [1.82, 2.24) is 10.2 Å². The second-order valence-electron chi connectivity index (χ2n) is 7.80. The van der Waals surface area contributed by atoms with Gasteiger partial charge >= 0.3 is 6.03 Å². The number of aliphatic hydroxyl groups excluding tert-OH is 1. The molecule has 1 aliphatic carbocycles. The third-order valence-corrected chi connectivity index (χ3v) is 5.60. The standard InChI is InChI=1S/C20H28N2O4/c1-13-7-9-20(10-8-13)18(24)22(19(25)21-20)11-16(23)12-26-17-14(2)5-4-6-15(17)3/h4-6,13,16,23H,7-12H2,1-3H3,(H,21,25)/t13?,16-,20?/m0/s1. The molecule has 6 heteroatoms. The Morgan fingerprint density at radius 1 is 1.27 bits per heavy atom. The molecule has 26 heavy (non-hydrogen) atoms. The maximum absolute atomic E-state index is 12.8. The van der Waals surface area contributed by atoms with Gasteiger partial charge in [-0.05, 0) is 56.6 Å². The summed E-state index contributed by atoms with van der Waals surface area (Å²) in [7, 11) is 0. The Morgan fingerprint density at radius 2 is 1.88 bits per heavy atom. The SMILES string of the molecule is Cc1cccc(C)c1OC[C@@H](O)CN1C(=O)NC2(CCC(C)CC2)C1=O. The number of ether oxygens (including phenoxy) is 1. The second kappa shape index (κ2) is 7.27. The average molecular weight is 360 g/mol. The van der Waals surface area contributed by atoms with Crippen LogP contribution in [0.5, 0.6) is 5.75 Å². The van der Waals surface area contributed by atoms with Crippen LogP contribution in [-0.4, -0.2) is 46.7 Å². The van der Waals surface area contributed by atoms with Crippen molar-refractivity contribution in [2.45, 2.75) is 58.1 Å². The Kier molecular flexibility index (Phi) is 5.23. The van der Waals surface area contributed by atoms with Crippen molar-refractivity contribution < 1.29 is 19.4 Å². The Hall–Kier alpha value is -2.08. The first-order valence-electron chi connectivity index (χ1n) is 9.33. The van der Waals surface area contributed by atoms with Gasteiger partial charge in [0.25, 0.3) is 5.91 Å². The summed E-state index contributed by atoms with van der Waals surface area (Å²) in [5.41, 5.74) is 1.21. The van der Waals surface area contributed by atoms with Crippen LogP contribution in [0.1, 0.15) is 43.7 Å². The number of carbonyl (C=O) groups is 2. The lowest BCUT2D eigenvalue weighted by atomic mass is 9.77. The highest BCUT2D eigenvalue weighted by atomic mass is 16.5. The maximum Gasteiger partial charge on any atom is 0.325 e. The van der Waals surface area contributed by atoms with E-state index in [0.717, 1.165) is 34.6 Å². The summed E-state index contributed by atoms with van der Waals surface area (Å²) in [4.78, 5) is 26.3. The van der Waals surface area contributed by atoms with Gasteiger partial charge in [-0.3, -0.25) is 9.69 Å². The number of nitrogens with one attached hydrogen (secondary N) is 1. The zero-order chi connectivity index (χ0) is 18.9. The lowest BCUT2D eigenvalue weighted by Gasteiger charge is -2.33. The number of β-amino-alcohol motifs (C(OH)–C–C–N with tert-alkyl or cyclic N) is 1. The summed E-state index contributed by atoms with van der Waals surface area (Å²) in [6, 6.07) is 5.43. The van der Waals surface area contributed by atoms with Gasteiger partial charge in [0.15, 0.2) is 0 Å². The molecule has 0 unspecified atom stereocenters. The van der Waals surface area contributed by atoms with Gasteiger partial charge in [-0.2, -0.15) is 0 Å². The molecule has 0 bridgehead atoms. The monoisotopic (exact) mass is 360 g/mol. The highest BCUT2D eigenvalue weighted by molar-refractivity contribution is 6.07. The number of para-hydroxylation sites is 1. The van der Waals surface area contributed by atoms with E-state index in [1.54, 1.807) is 0 Å². The topological polar surface area (TPSA) is 78.9 Å². The number of aliphatic hydroxyl groups is 1. The van der Waals surface area contributed by atoms with Gasteiger partial charge < -0.3 is 15.2 Å². The van der Waals surface area contributed by atoms with Crippen LogP contribution in [0.3, 0.4) is 0 Å². The molecule has 2 fully saturated rings. The largest absolute Gasteiger partial charge is 0.490 e. The molecule has 1 aliphatic heterocycles. The van der Waals surface area contributed by atoms with Crippen molar-refractivity contribution in [3.8, 4) is 5.75 Å². The number of urea groups is 1. The number of aryl methyl sites for hydroxylation is 2. The number of hydrogen-bond acceptors (Lipinski definition) is 4. The number of amides is 3. The molecule has 1 atom stereocenters. The summed E-state index contributed by atoms with van der Waals surface area (Å²) in [5.74, 6) is 1.11. The van der Waals surface area contributed by atoms with Crippen LogP contribution < -0.4 is 10.1 Å². The molecule has 1 heterocycles. The summed E-state index contributed by atoms with van der Waals surface area (Å²) < 4.78 is 5.74. The highest BCUT2D eigenvalue weighted by Gasteiger charge is 2.52. The van der Waals surface area contributed by atoms with Gasteiger partial charge in [0.1, 0.15) is 24.0 Å². The third kappa shape index (κ3) is 3.56. The van der Waals surface area contributed by atoms with Crippen LogP contribution in [0.2, 0.25) is 0 Å². The fraction of sp³-hybridized carbons (Fsp3) is 0.600. The van der Waals surface area contributed by atoms with E-state index < -0.39 is 17.7 Å². The van der Waals surface area contributed by atoms with Gasteiger partial charge in [-0.15, -0.1) is 0 Å². The molecule has 0 aromatic heterocycles. The van der Waals surface area contributed by atoms with Crippen LogP contribution in [0, 0.1) is 19.8 Å². The van der Waals surface area contributed by atoms with Crippen molar-refractivity contribution in [2.75, 3.05) is 13.2 Å². The van der Waals surface area contributed by atoms with Crippen molar-refractivity contribution in [3.63, 3.8) is 0 Å². The number of carbonyl (C=O) groups excluding carboxylic acids is 2. The fourth-order valence-electron chi connectivity index (χ4n) is 3.91. The minimum atomic E-state index is -0.929. The molecule has 3 rings (SSSR count). The number of imide groups is 1. The second-order valence-corrected chi connectivity index (χ2v) is 7.80. The molecule has 1 saturated carbocycles. The summed E-state index contributed by atoms with van der Waals surface area (Å²) in [5, 5.41) is 13.2. The fourth-order valence-corrected chi connectivity index (χ4v) is 3.91. The normalized spacial score (nSPS) is 26.9. The van der Waals surface area contributed by atoms with Crippen LogP contribution in [0.4, 0.5) is 4.79 Å². The first kappa shape index (κ1) is 18.7. The van der Waals surface area contributed by atoms with E-state index in [4.69, 9.17) is 4.74 Å². The number of nitrogens with zero attached hydrogens (tertiary/aromatic N) is 1. The quantitative estimate of drug-likeness (QED) is 0.791. The van der Waals surface area contributed by atoms with E-state index >= 15 is 0 Å². The summed E-state index contributed by atoms with van der Waals surface area (Å²) in [6.07, 6.45) is 2.27. The van der Waals surface area contributed by atoms with E-state index in [0.29, 0.717) is 18.8 Å². The summed E-state index contributed by atoms with van der Waals surface area (Å²) in [6.45, 7) is 6.04. The van der Waals surface area contributed by atoms with Crippen molar-refractivity contribution in [2.24, 2.45) is 5.92 Å². The van der Waals surface area contributed by atoms with Crippen LogP contribution in [0.15, 0.2) is 18.2 Å². The van der Waals surface area contributed by atoms with Gasteiger partial charge in [0.2, 0.25) is 0 Å². The maximum atomic E-state index is 12.8. The first-order chi connectivity index (χ1) is 12.3. The predicted octanol–water partition coefficient (Wildman–Crippen LogP) is 2.54. The molecule has 1 spiro atoms. The zero-order valence-electron chi connectivity index (χ0n) is 15.7. The average Bonchev–Trinajstić information content (AvgIpc) is 2.82. The molecule has 1 aromatic rings. The predicted molar refractivity (Wildman–Crippen MR) is 98.0 cm³/mol. The molecule has 1 aromatic carbocycles. The Balaban J connectivity index is 1.60. The Morgan fingerprint density at radius 3 is 2.50 bits per heavy atom. The van der Waals surface area contributed by atoms with E-state index in [2.05, 4.69) is 12.2 Å². The molecule has 0 radical (unpaired) electrons. The van der Waals surface area contributed by atoms with E-state index in [9.17, 15) is 14.7 Å². The number of benzene rings is 1. The smallest absolute Gasteiger partial charge is 0.325 e. The third-order valence-electron chi connectivity index (χ3n) is 5.60. The molecular formula is C20H28N2O4. The van der Waals surface area contributed by atoms with E-state index in [1.807, 2.05) is 32.0 Å².